The molecule has 0 heterocycles. The third kappa shape index (κ3) is 7.20. The smallest absolute Gasteiger partial charge is 0.309 e. The fraction of sp³-hybridized carbons (Fsp3) is 0.583. The number of carbonyl (C=O) groups excluding carboxylic acids is 1. The van der Waals surface area contributed by atoms with Gasteiger partial charge in [-0.15, -0.1) is 13.2 Å². The van der Waals surface area contributed by atoms with Gasteiger partial charge in [0.05, 0.1) is 24.7 Å². The lowest BCUT2D eigenvalue weighted by Gasteiger charge is -2.15. The Kier molecular flexibility index (Phi) is 7.50. The normalized spacial score (nSPS) is 15.9. The fourth-order valence-electron chi connectivity index (χ4n) is 1.11. The number of esters is 1. The molecule has 2 N–H and O–H groups in total. The molecule has 0 aliphatic carbocycles. The minimum atomic E-state index is -0.863. The van der Waals surface area contributed by atoms with E-state index in [1.165, 1.54) is 12.2 Å². The molecule has 4 nitrogen and oxygen atoms in total. The summed E-state index contributed by atoms with van der Waals surface area (Å²) in [5.74, 6) is -0.465. The second-order valence-electron chi connectivity index (χ2n) is 3.69. The quantitative estimate of drug-likeness (QED) is 0.483. The second-order valence-corrected chi connectivity index (χ2v) is 3.69. The molecule has 0 fully saturated rings. The van der Waals surface area contributed by atoms with Crippen molar-refractivity contribution >= 4 is 5.97 Å². The highest BCUT2D eigenvalue weighted by atomic mass is 16.5. The van der Waals surface area contributed by atoms with Crippen LogP contribution in [0.15, 0.2) is 25.3 Å². The van der Waals surface area contributed by atoms with Crippen molar-refractivity contribution in [2.75, 3.05) is 0 Å². The van der Waals surface area contributed by atoms with E-state index in [2.05, 4.69) is 13.2 Å². The summed E-state index contributed by atoms with van der Waals surface area (Å²) in [6.07, 6.45) is 1.99. The Bertz CT molecular complexity index is 237. The first-order chi connectivity index (χ1) is 7.49. The van der Waals surface area contributed by atoms with Gasteiger partial charge in [-0.3, -0.25) is 4.79 Å². The molecule has 0 amide bonds. The molecule has 0 spiro atoms. The molecule has 0 saturated carbocycles. The van der Waals surface area contributed by atoms with Gasteiger partial charge in [-0.25, -0.2) is 0 Å². The number of hydrogen-bond donors (Lipinski definition) is 2. The molecule has 0 bridgehead atoms. The van der Waals surface area contributed by atoms with Gasteiger partial charge < -0.3 is 14.9 Å². The summed E-state index contributed by atoms with van der Waals surface area (Å²) >= 11 is 0. The molecule has 0 radical (unpaired) electrons. The van der Waals surface area contributed by atoms with Crippen molar-refractivity contribution in [2.24, 2.45) is 0 Å². The van der Waals surface area contributed by atoms with Crippen LogP contribution in [0.5, 0.6) is 0 Å². The summed E-state index contributed by atoms with van der Waals surface area (Å²) in [5, 5.41) is 18.3. The SMILES string of the molecule is C=C[C@@H](O)CC(=O)O[C@H](C)CC[C@@H](O)C=C. The van der Waals surface area contributed by atoms with Crippen LogP contribution in [0.4, 0.5) is 0 Å². The molecule has 3 atom stereocenters. The molecule has 0 aromatic carbocycles. The molecular weight excluding hydrogens is 208 g/mol. The Hall–Kier alpha value is -1.13. The van der Waals surface area contributed by atoms with Crippen LogP contribution in [0, 0.1) is 0 Å². The van der Waals surface area contributed by atoms with Gasteiger partial charge in [-0.05, 0) is 19.8 Å². The lowest BCUT2D eigenvalue weighted by molar-refractivity contribution is -0.150. The van der Waals surface area contributed by atoms with E-state index in [0.717, 1.165) is 0 Å². The van der Waals surface area contributed by atoms with Crippen LogP contribution in [0.1, 0.15) is 26.2 Å². The Morgan fingerprint density at radius 3 is 2.31 bits per heavy atom. The summed E-state index contributed by atoms with van der Waals surface area (Å²) in [6.45, 7) is 8.55. The molecule has 92 valence electrons. The van der Waals surface area contributed by atoms with Gasteiger partial charge in [-0.1, -0.05) is 12.2 Å². The zero-order valence-corrected chi connectivity index (χ0v) is 9.63. The molecule has 16 heavy (non-hydrogen) atoms. The van der Waals surface area contributed by atoms with E-state index < -0.39 is 18.2 Å². The summed E-state index contributed by atoms with van der Waals surface area (Å²) in [4.78, 5) is 11.2. The van der Waals surface area contributed by atoms with Crippen molar-refractivity contribution in [1.82, 2.24) is 0 Å². The van der Waals surface area contributed by atoms with Crippen molar-refractivity contribution in [2.45, 2.75) is 44.5 Å². The Morgan fingerprint density at radius 1 is 1.25 bits per heavy atom. The lowest BCUT2D eigenvalue weighted by Crippen LogP contribution is -2.20. The summed E-state index contributed by atoms with van der Waals surface area (Å²) in [6, 6.07) is 0. The van der Waals surface area contributed by atoms with Gasteiger partial charge in [-0.2, -0.15) is 0 Å². The largest absolute Gasteiger partial charge is 0.463 e. The van der Waals surface area contributed by atoms with Gasteiger partial charge in [0, 0.05) is 0 Å². The summed E-state index contributed by atoms with van der Waals surface area (Å²) in [7, 11) is 0. The molecule has 0 aliphatic rings. The minimum Gasteiger partial charge on any atom is -0.463 e. The molecule has 0 unspecified atom stereocenters. The van der Waals surface area contributed by atoms with E-state index in [0.29, 0.717) is 12.8 Å². The predicted octanol–water partition coefficient (Wildman–Crippen LogP) is 1.18. The number of carbonyl (C=O) groups is 1. The topological polar surface area (TPSA) is 66.8 Å². The molecule has 0 aliphatic heterocycles. The van der Waals surface area contributed by atoms with Crippen molar-refractivity contribution in [3.63, 3.8) is 0 Å². The van der Waals surface area contributed by atoms with Crippen molar-refractivity contribution in [1.29, 1.82) is 0 Å². The van der Waals surface area contributed by atoms with E-state index in [1.54, 1.807) is 6.92 Å². The van der Waals surface area contributed by atoms with E-state index in [4.69, 9.17) is 9.84 Å². The summed E-state index contributed by atoms with van der Waals surface area (Å²) < 4.78 is 5.03. The third-order valence-electron chi connectivity index (χ3n) is 2.12. The number of aliphatic hydroxyl groups is 2. The Morgan fingerprint density at radius 2 is 1.81 bits per heavy atom. The fourth-order valence-corrected chi connectivity index (χ4v) is 1.11. The molecule has 0 aromatic heterocycles. The highest BCUT2D eigenvalue weighted by molar-refractivity contribution is 5.70. The first kappa shape index (κ1) is 14.9. The molecule has 4 heteroatoms. The lowest BCUT2D eigenvalue weighted by atomic mass is 10.1. The first-order valence-electron chi connectivity index (χ1n) is 5.30. The number of hydrogen-bond acceptors (Lipinski definition) is 4. The maximum atomic E-state index is 11.2. The van der Waals surface area contributed by atoms with Gasteiger partial charge in [0.1, 0.15) is 0 Å². The van der Waals surface area contributed by atoms with Crippen molar-refractivity contribution < 1.29 is 19.7 Å². The van der Waals surface area contributed by atoms with Gasteiger partial charge in [0.25, 0.3) is 0 Å². The van der Waals surface area contributed by atoms with Crippen LogP contribution in [0.25, 0.3) is 0 Å². The predicted molar refractivity (Wildman–Crippen MR) is 61.8 cm³/mol. The maximum Gasteiger partial charge on any atom is 0.309 e. The van der Waals surface area contributed by atoms with E-state index in [9.17, 15) is 9.90 Å². The number of ether oxygens (including phenoxy) is 1. The average molecular weight is 228 g/mol. The summed E-state index contributed by atoms with van der Waals surface area (Å²) in [5.41, 5.74) is 0. The third-order valence-corrected chi connectivity index (χ3v) is 2.12. The highest BCUT2D eigenvalue weighted by Crippen LogP contribution is 2.07. The van der Waals surface area contributed by atoms with Crippen molar-refractivity contribution in [3.8, 4) is 0 Å². The number of aliphatic hydroxyl groups excluding tert-OH is 2. The van der Waals surface area contributed by atoms with E-state index in [-0.39, 0.29) is 12.5 Å². The molecule has 0 aromatic rings. The minimum absolute atomic E-state index is 0.0855. The molecule has 0 saturated heterocycles. The maximum absolute atomic E-state index is 11.2. The monoisotopic (exact) mass is 228 g/mol. The molecular formula is C12H20O4. The van der Waals surface area contributed by atoms with E-state index >= 15 is 0 Å². The zero-order valence-electron chi connectivity index (χ0n) is 9.63. The average Bonchev–Trinajstić information content (AvgIpc) is 2.25. The van der Waals surface area contributed by atoms with Crippen LogP contribution in [0.2, 0.25) is 0 Å². The highest BCUT2D eigenvalue weighted by Gasteiger charge is 2.13. The van der Waals surface area contributed by atoms with Crippen LogP contribution < -0.4 is 0 Å². The molecule has 0 rings (SSSR count). The van der Waals surface area contributed by atoms with Crippen LogP contribution in [0.3, 0.4) is 0 Å². The van der Waals surface area contributed by atoms with Gasteiger partial charge in [0.2, 0.25) is 0 Å². The Labute approximate surface area is 96.2 Å². The van der Waals surface area contributed by atoms with E-state index in [1.807, 2.05) is 0 Å². The number of rotatable bonds is 8. The Balaban J connectivity index is 3.77. The van der Waals surface area contributed by atoms with Crippen molar-refractivity contribution in [3.05, 3.63) is 25.3 Å². The van der Waals surface area contributed by atoms with Crippen LogP contribution in [-0.4, -0.2) is 34.5 Å². The standard InChI is InChI=1S/C12H20O4/c1-4-10(13)7-6-9(3)16-12(15)8-11(14)5-2/h4-5,9-11,13-14H,1-2,6-8H2,3H3/t9-,10+,11-/m1/s1. The van der Waals surface area contributed by atoms with Crippen LogP contribution >= 0.6 is 0 Å². The van der Waals surface area contributed by atoms with Crippen LogP contribution in [-0.2, 0) is 9.53 Å². The first-order valence-corrected chi connectivity index (χ1v) is 5.30. The van der Waals surface area contributed by atoms with Gasteiger partial charge in [0.15, 0.2) is 0 Å². The second kappa shape index (κ2) is 8.07. The zero-order chi connectivity index (χ0) is 12.6. The van der Waals surface area contributed by atoms with Gasteiger partial charge >= 0.3 is 5.97 Å².